The van der Waals surface area contributed by atoms with Gasteiger partial charge in [0.25, 0.3) is 0 Å². The molecule has 0 aromatic heterocycles. The van der Waals surface area contributed by atoms with Crippen LogP contribution in [0.4, 0.5) is 0 Å². The molecular formula is C18H25NO3. The minimum atomic E-state index is -1.14. The molecule has 0 radical (unpaired) electrons. The number of hydrogen-bond donors (Lipinski definition) is 1. The molecule has 4 heteroatoms. The number of carbonyl (C=O) groups is 1. The Morgan fingerprint density at radius 2 is 1.95 bits per heavy atom. The molecule has 4 aliphatic rings. The number of fused-ring (bicyclic) bond motifs is 5. The van der Waals surface area contributed by atoms with E-state index in [1.54, 1.807) is 0 Å². The maximum atomic E-state index is 11.5. The van der Waals surface area contributed by atoms with E-state index >= 15 is 0 Å². The van der Waals surface area contributed by atoms with Crippen LogP contribution >= 0.6 is 0 Å². The second-order valence-electron chi connectivity index (χ2n) is 8.21. The Balaban J connectivity index is 1.61. The zero-order valence-electron chi connectivity index (χ0n) is 13.3. The second-order valence-corrected chi connectivity index (χ2v) is 8.21. The first kappa shape index (κ1) is 14.5. The first-order valence-corrected chi connectivity index (χ1v) is 8.82. The van der Waals surface area contributed by atoms with Gasteiger partial charge in [-0.25, -0.2) is 0 Å². The smallest absolute Gasteiger partial charge is 0.306 e. The van der Waals surface area contributed by atoms with Gasteiger partial charge in [-0.1, -0.05) is 6.92 Å². The van der Waals surface area contributed by atoms with E-state index in [1.165, 1.54) is 0 Å². The van der Waals surface area contributed by atoms with Gasteiger partial charge in [-0.15, -0.1) is 0 Å². The number of aliphatic hydroxyl groups is 1. The first-order chi connectivity index (χ1) is 10.5. The average molecular weight is 303 g/mol. The summed E-state index contributed by atoms with van der Waals surface area (Å²) in [6.07, 6.45) is 7.31. The van der Waals surface area contributed by atoms with Crippen LogP contribution in [0.5, 0.6) is 0 Å². The molecule has 1 saturated heterocycles. The third-order valence-corrected chi connectivity index (χ3v) is 7.61. The predicted molar refractivity (Wildman–Crippen MR) is 79.4 cm³/mol. The largest absolute Gasteiger partial charge is 0.462 e. The topological polar surface area (TPSA) is 70.3 Å². The summed E-state index contributed by atoms with van der Waals surface area (Å²) in [5.74, 6) is 2.15. The van der Waals surface area contributed by atoms with E-state index in [2.05, 4.69) is 13.0 Å². The average Bonchev–Trinajstić information content (AvgIpc) is 2.79. The van der Waals surface area contributed by atoms with Gasteiger partial charge < -0.3 is 9.84 Å². The van der Waals surface area contributed by atoms with Crippen molar-refractivity contribution >= 4 is 5.97 Å². The fourth-order valence-corrected chi connectivity index (χ4v) is 6.37. The Morgan fingerprint density at radius 1 is 1.14 bits per heavy atom. The van der Waals surface area contributed by atoms with E-state index in [9.17, 15) is 15.2 Å². The van der Waals surface area contributed by atoms with Crippen LogP contribution in [-0.4, -0.2) is 22.8 Å². The van der Waals surface area contributed by atoms with E-state index in [0.29, 0.717) is 36.5 Å². The zero-order valence-corrected chi connectivity index (χ0v) is 13.3. The number of nitriles is 1. The second kappa shape index (κ2) is 4.71. The fourth-order valence-electron chi connectivity index (χ4n) is 6.37. The molecule has 3 saturated carbocycles. The van der Waals surface area contributed by atoms with E-state index in [1.807, 2.05) is 0 Å². The van der Waals surface area contributed by atoms with E-state index < -0.39 is 5.60 Å². The fraction of sp³-hybridized carbons (Fsp3) is 0.889. The lowest BCUT2D eigenvalue weighted by molar-refractivity contribution is -0.174. The highest BCUT2D eigenvalue weighted by Gasteiger charge is 2.63. The lowest BCUT2D eigenvalue weighted by Gasteiger charge is -2.55. The molecule has 1 heterocycles. The van der Waals surface area contributed by atoms with Crippen LogP contribution in [0.15, 0.2) is 0 Å². The Labute approximate surface area is 131 Å². The molecule has 120 valence electrons. The Kier molecular flexibility index (Phi) is 3.10. The summed E-state index contributed by atoms with van der Waals surface area (Å²) in [5.41, 5.74) is -1.39. The SMILES string of the molecule is CC12CC[C@H]3[C@@H](CCC4OC(=O)CC[C@@H]43)[C@@H]1CC[C@@]2(O)C#N. The van der Waals surface area contributed by atoms with Gasteiger partial charge in [0, 0.05) is 11.8 Å². The lowest BCUT2D eigenvalue weighted by Crippen LogP contribution is -2.54. The molecular weight excluding hydrogens is 278 g/mol. The summed E-state index contributed by atoms with van der Waals surface area (Å²) in [4.78, 5) is 11.5. The molecule has 0 spiro atoms. The maximum absolute atomic E-state index is 11.5. The summed E-state index contributed by atoms with van der Waals surface area (Å²) >= 11 is 0. The molecule has 22 heavy (non-hydrogen) atoms. The number of ether oxygens (including phenoxy) is 1. The van der Waals surface area contributed by atoms with Gasteiger partial charge in [-0.2, -0.15) is 5.26 Å². The summed E-state index contributed by atoms with van der Waals surface area (Å²) in [6, 6.07) is 2.22. The Morgan fingerprint density at radius 3 is 2.73 bits per heavy atom. The molecule has 0 aromatic rings. The van der Waals surface area contributed by atoms with Crippen LogP contribution in [0.25, 0.3) is 0 Å². The molecule has 7 atom stereocenters. The number of hydrogen-bond acceptors (Lipinski definition) is 4. The summed E-state index contributed by atoms with van der Waals surface area (Å²) in [5, 5.41) is 20.3. The van der Waals surface area contributed by atoms with Crippen molar-refractivity contribution in [1.82, 2.24) is 0 Å². The van der Waals surface area contributed by atoms with E-state index in [0.717, 1.165) is 38.5 Å². The van der Waals surface area contributed by atoms with Crippen molar-refractivity contribution < 1.29 is 14.6 Å². The van der Waals surface area contributed by atoms with Crippen LogP contribution in [0, 0.1) is 40.4 Å². The van der Waals surface area contributed by atoms with Crippen LogP contribution in [0.1, 0.15) is 58.3 Å². The molecule has 4 fully saturated rings. The third kappa shape index (κ3) is 1.75. The third-order valence-electron chi connectivity index (χ3n) is 7.61. The highest BCUT2D eigenvalue weighted by Crippen LogP contribution is 2.64. The highest BCUT2D eigenvalue weighted by atomic mass is 16.5. The minimum absolute atomic E-state index is 0.0277. The molecule has 4 rings (SSSR count). The van der Waals surface area contributed by atoms with E-state index in [4.69, 9.17) is 4.74 Å². The Bertz CT molecular complexity index is 541. The molecule has 0 amide bonds. The van der Waals surface area contributed by atoms with Gasteiger partial charge in [0.05, 0.1) is 6.07 Å². The van der Waals surface area contributed by atoms with Crippen molar-refractivity contribution in [2.75, 3.05) is 0 Å². The van der Waals surface area contributed by atoms with Crippen LogP contribution in [0.3, 0.4) is 0 Å². The molecule has 0 aromatic carbocycles. The van der Waals surface area contributed by atoms with Gasteiger partial charge in [-0.3, -0.25) is 4.79 Å². The number of esters is 1. The van der Waals surface area contributed by atoms with Crippen LogP contribution in [-0.2, 0) is 9.53 Å². The van der Waals surface area contributed by atoms with Gasteiger partial charge in [0.1, 0.15) is 6.10 Å². The summed E-state index contributed by atoms with van der Waals surface area (Å²) in [7, 11) is 0. The first-order valence-electron chi connectivity index (χ1n) is 8.82. The molecule has 4 nitrogen and oxygen atoms in total. The van der Waals surface area contributed by atoms with Gasteiger partial charge in [0.2, 0.25) is 0 Å². The quantitative estimate of drug-likeness (QED) is 0.552. The zero-order chi connectivity index (χ0) is 15.5. The van der Waals surface area contributed by atoms with Crippen molar-refractivity contribution in [3.05, 3.63) is 0 Å². The molecule has 1 aliphatic heterocycles. The van der Waals surface area contributed by atoms with Crippen LogP contribution in [0.2, 0.25) is 0 Å². The van der Waals surface area contributed by atoms with E-state index in [-0.39, 0.29) is 17.5 Å². The van der Waals surface area contributed by atoms with Gasteiger partial charge in [0.15, 0.2) is 5.60 Å². The molecule has 3 aliphatic carbocycles. The standard InChI is InChI=1S/C18H25NO3/c1-17-8-6-11-12(14(17)7-9-18(17,21)10-19)2-4-15-13(11)3-5-16(20)22-15/h11-15,21H,2-9H2,1H3/t11-,12+,13+,14-,15?,17?,18+/m0/s1. The molecule has 1 N–H and O–H groups in total. The van der Waals surface area contributed by atoms with Crippen molar-refractivity contribution in [2.45, 2.75) is 70.0 Å². The van der Waals surface area contributed by atoms with Crippen molar-refractivity contribution in [3.63, 3.8) is 0 Å². The van der Waals surface area contributed by atoms with Crippen molar-refractivity contribution in [2.24, 2.45) is 29.1 Å². The monoisotopic (exact) mass is 303 g/mol. The minimum Gasteiger partial charge on any atom is -0.462 e. The number of carbonyl (C=O) groups excluding carboxylic acids is 1. The number of nitrogens with zero attached hydrogens (tertiary/aromatic N) is 1. The normalized spacial score (nSPS) is 53.7. The highest BCUT2D eigenvalue weighted by molar-refractivity contribution is 5.70. The summed E-state index contributed by atoms with van der Waals surface area (Å²) in [6.45, 7) is 2.14. The van der Waals surface area contributed by atoms with Gasteiger partial charge in [-0.05, 0) is 68.6 Å². The lowest BCUT2D eigenvalue weighted by atomic mass is 9.51. The predicted octanol–water partition coefficient (Wildman–Crippen LogP) is 2.80. The Hall–Kier alpha value is -1.08. The summed E-state index contributed by atoms with van der Waals surface area (Å²) < 4.78 is 5.60. The van der Waals surface area contributed by atoms with Crippen molar-refractivity contribution in [3.8, 4) is 6.07 Å². The maximum Gasteiger partial charge on any atom is 0.306 e. The van der Waals surface area contributed by atoms with Crippen molar-refractivity contribution in [1.29, 1.82) is 5.26 Å². The van der Waals surface area contributed by atoms with Gasteiger partial charge >= 0.3 is 5.97 Å². The number of rotatable bonds is 0. The molecule has 2 unspecified atom stereocenters. The van der Waals surface area contributed by atoms with Crippen LogP contribution < -0.4 is 0 Å². The molecule has 0 bridgehead atoms.